The number of hydrogen-bond acceptors (Lipinski definition) is 7. The summed E-state index contributed by atoms with van der Waals surface area (Å²) in [6, 6.07) is 12.0. The summed E-state index contributed by atoms with van der Waals surface area (Å²) < 4.78 is 15.6. The van der Waals surface area contributed by atoms with Crippen LogP contribution in [0.15, 0.2) is 42.5 Å². The number of anilines is 2. The third-order valence-electron chi connectivity index (χ3n) is 5.34. The quantitative estimate of drug-likeness (QED) is 0.690. The molecule has 0 saturated carbocycles. The van der Waals surface area contributed by atoms with Crippen molar-refractivity contribution in [1.29, 1.82) is 0 Å². The lowest BCUT2D eigenvalue weighted by Gasteiger charge is -2.33. The van der Waals surface area contributed by atoms with Crippen molar-refractivity contribution in [2.45, 2.75) is 6.92 Å². The standard InChI is InChI=1S/C23H26N4O6/c1-2-31-23(30)27-11-9-26(10-12-27)14-21(28)25-18-6-4-3-5-17(18)22(29)24-16-7-8-19-20(13-16)33-15-32-19/h3-8,13H,2,9-12,14-15H2,1H3,(H,24,29)(H,25,28). The number of ether oxygens (including phenoxy) is 3. The van der Waals surface area contributed by atoms with E-state index < -0.39 is 0 Å². The maximum atomic E-state index is 12.9. The predicted octanol–water partition coefficient (Wildman–Crippen LogP) is 2.38. The molecule has 2 N–H and O–H groups in total. The molecule has 33 heavy (non-hydrogen) atoms. The Morgan fingerprint density at radius 3 is 2.52 bits per heavy atom. The van der Waals surface area contributed by atoms with Gasteiger partial charge in [0.25, 0.3) is 5.91 Å². The molecule has 2 aliphatic rings. The van der Waals surface area contributed by atoms with E-state index >= 15 is 0 Å². The maximum absolute atomic E-state index is 12.9. The average Bonchev–Trinajstić information content (AvgIpc) is 3.28. The van der Waals surface area contributed by atoms with Gasteiger partial charge in [-0.2, -0.15) is 0 Å². The van der Waals surface area contributed by atoms with Gasteiger partial charge in [0, 0.05) is 37.9 Å². The molecule has 1 saturated heterocycles. The number of fused-ring (bicyclic) bond motifs is 1. The minimum Gasteiger partial charge on any atom is -0.454 e. The molecule has 2 aromatic rings. The second-order valence-corrected chi connectivity index (χ2v) is 7.58. The van der Waals surface area contributed by atoms with Gasteiger partial charge in [-0.25, -0.2) is 4.79 Å². The molecule has 2 aromatic carbocycles. The van der Waals surface area contributed by atoms with Crippen molar-refractivity contribution < 1.29 is 28.6 Å². The highest BCUT2D eigenvalue weighted by atomic mass is 16.7. The third-order valence-corrected chi connectivity index (χ3v) is 5.34. The summed E-state index contributed by atoms with van der Waals surface area (Å²) >= 11 is 0. The molecule has 10 heteroatoms. The van der Waals surface area contributed by atoms with Gasteiger partial charge in [-0.05, 0) is 31.2 Å². The number of benzene rings is 2. The molecule has 0 aliphatic carbocycles. The van der Waals surface area contributed by atoms with Crippen LogP contribution in [0.2, 0.25) is 0 Å². The van der Waals surface area contributed by atoms with Gasteiger partial charge < -0.3 is 29.7 Å². The minimum atomic E-state index is -0.354. The minimum absolute atomic E-state index is 0.152. The Labute approximate surface area is 191 Å². The normalized spacial score (nSPS) is 15.1. The van der Waals surface area contributed by atoms with Gasteiger partial charge >= 0.3 is 6.09 Å². The van der Waals surface area contributed by atoms with Crippen LogP contribution in [0.1, 0.15) is 17.3 Å². The van der Waals surface area contributed by atoms with Crippen molar-refractivity contribution in [2.75, 3.05) is 56.8 Å². The molecule has 0 aromatic heterocycles. The number of amides is 3. The number of para-hydroxylation sites is 1. The Kier molecular flexibility index (Phi) is 6.94. The Bertz CT molecular complexity index is 1040. The zero-order valence-corrected chi connectivity index (χ0v) is 18.3. The maximum Gasteiger partial charge on any atom is 0.409 e. The number of nitrogens with one attached hydrogen (secondary N) is 2. The lowest BCUT2D eigenvalue weighted by molar-refractivity contribution is -0.117. The Balaban J connectivity index is 1.33. The second kappa shape index (κ2) is 10.2. The van der Waals surface area contributed by atoms with Gasteiger partial charge in [-0.15, -0.1) is 0 Å². The van der Waals surface area contributed by atoms with E-state index in [1.165, 1.54) is 0 Å². The molecule has 0 spiro atoms. The number of rotatable bonds is 6. The summed E-state index contributed by atoms with van der Waals surface area (Å²) in [7, 11) is 0. The molecule has 0 radical (unpaired) electrons. The van der Waals surface area contributed by atoms with E-state index in [9.17, 15) is 14.4 Å². The number of hydrogen-bond donors (Lipinski definition) is 2. The van der Waals surface area contributed by atoms with E-state index in [1.807, 2.05) is 4.90 Å². The molecule has 10 nitrogen and oxygen atoms in total. The Hall–Kier alpha value is -3.79. The fourth-order valence-electron chi connectivity index (χ4n) is 3.66. The van der Waals surface area contributed by atoms with Gasteiger partial charge in [-0.3, -0.25) is 14.5 Å². The Morgan fingerprint density at radius 2 is 1.73 bits per heavy atom. The summed E-state index contributed by atoms with van der Waals surface area (Å²) in [6.45, 7) is 4.56. The molecule has 174 valence electrons. The van der Waals surface area contributed by atoms with Crippen molar-refractivity contribution in [3.05, 3.63) is 48.0 Å². The van der Waals surface area contributed by atoms with Gasteiger partial charge in [0.15, 0.2) is 11.5 Å². The molecule has 1 fully saturated rings. The van der Waals surface area contributed by atoms with E-state index in [0.717, 1.165) is 0 Å². The summed E-state index contributed by atoms with van der Waals surface area (Å²) in [5, 5.41) is 5.65. The first-order chi connectivity index (χ1) is 16.0. The lowest BCUT2D eigenvalue weighted by atomic mass is 10.1. The van der Waals surface area contributed by atoms with E-state index in [4.69, 9.17) is 14.2 Å². The number of piperazine rings is 1. The van der Waals surface area contributed by atoms with Crippen molar-refractivity contribution >= 4 is 29.3 Å². The van der Waals surface area contributed by atoms with Crippen LogP contribution in [0.3, 0.4) is 0 Å². The molecule has 4 rings (SSSR count). The fourth-order valence-corrected chi connectivity index (χ4v) is 3.66. The van der Waals surface area contributed by atoms with Gasteiger partial charge in [0.05, 0.1) is 24.4 Å². The highest BCUT2D eigenvalue weighted by Crippen LogP contribution is 2.34. The first-order valence-electron chi connectivity index (χ1n) is 10.8. The van der Waals surface area contributed by atoms with E-state index in [-0.39, 0.29) is 31.2 Å². The average molecular weight is 454 g/mol. The largest absolute Gasteiger partial charge is 0.454 e. The van der Waals surface area contributed by atoms with E-state index in [1.54, 1.807) is 54.3 Å². The molecule has 0 atom stereocenters. The smallest absolute Gasteiger partial charge is 0.409 e. The van der Waals surface area contributed by atoms with Crippen LogP contribution < -0.4 is 20.1 Å². The Morgan fingerprint density at radius 1 is 0.970 bits per heavy atom. The predicted molar refractivity (Wildman–Crippen MR) is 121 cm³/mol. The highest BCUT2D eigenvalue weighted by Gasteiger charge is 2.24. The third kappa shape index (κ3) is 5.53. The number of carbonyl (C=O) groups is 3. The van der Waals surface area contributed by atoms with Crippen molar-refractivity contribution in [3.63, 3.8) is 0 Å². The first-order valence-corrected chi connectivity index (χ1v) is 10.8. The zero-order valence-electron chi connectivity index (χ0n) is 18.3. The molecule has 0 bridgehead atoms. The van der Waals surface area contributed by atoms with Crippen molar-refractivity contribution in [2.24, 2.45) is 0 Å². The summed E-state index contributed by atoms with van der Waals surface area (Å²) in [4.78, 5) is 40.9. The second-order valence-electron chi connectivity index (χ2n) is 7.58. The molecule has 2 heterocycles. The molecular weight excluding hydrogens is 428 g/mol. The summed E-state index contributed by atoms with van der Waals surface area (Å²) in [5.74, 6) is 0.608. The molecule has 3 amide bonds. The van der Waals surface area contributed by atoms with Crippen molar-refractivity contribution in [3.8, 4) is 11.5 Å². The first kappa shape index (κ1) is 22.4. The van der Waals surface area contributed by atoms with Crippen molar-refractivity contribution in [1.82, 2.24) is 9.80 Å². The lowest BCUT2D eigenvalue weighted by Crippen LogP contribution is -2.50. The topological polar surface area (TPSA) is 109 Å². The van der Waals surface area contributed by atoms with Crippen LogP contribution >= 0.6 is 0 Å². The molecule has 0 unspecified atom stereocenters. The molecule has 2 aliphatic heterocycles. The molecular formula is C23H26N4O6. The zero-order chi connectivity index (χ0) is 23.2. The number of carbonyl (C=O) groups excluding carboxylic acids is 3. The monoisotopic (exact) mass is 454 g/mol. The van der Waals surface area contributed by atoms with Gasteiger partial charge in [-0.1, -0.05) is 12.1 Å². The van der Waals surface area contributed by atoms with Crippen LogP contribution in [0, 0.1) is 0 Å². The van der Waals surface area contributed by atoms with E-state index in [2.05, 4.69) is 10.6 Å². The van der Waals surface area contributed by atoms with Crippen LogP contribution in [-0.2, 0) is 9.53 Å². The van der Waals surface area contributed by atoms with Gasteiger partial charge in [0.1, 0.15) is 0 Å². The summed E-state index contributed by atoms with van der Waals surface area (Å²) in [5.41, 5.74) is 1.33. The van der Waals surface area contributed by atoms with E-state index in [0.29, 0.717) is 61.2 Å². The fraction of sp³-hybridized carbons (Fsp3) is 0.348. The van der Waals surface area contributed by atoms with Crippen LogP contribution in [0.4, 0.5) is 16.2 Å². The SMILES string of the molecule is CCOC(=O)N1CCN(CC(=O)Nc2ccccc2C(=O)Nc2ccc3c(c2)OCO3)CC1. The van der Waals surface area contributed by atoms with Crippen LogP contribution in [0.25, 0.3) is 0 Å². The summed E-state index contributed by atoms with van der Waals surface area (Å²) in [6.07, 6.45) is -0.330. The van der Waals surface area contributed by atoms with Crippen LogP contribution in [0.5, 0.6) is 11.5 Å². The van der Waals surface area contributed by atoms with Crippen LogP contribution in [-0.4, -0.2) is 73.8 Å². The highest BCUT2D eigenvalue weighted by molar-refractivity contribution is 6.10. The van der Waals surface area contributed by atoms with Gasteiger partial charge in [0.2, 0.25) is 12.7 Å². The number of nitrogens with zero attached hydrogens (tertiary/aromatic N) is 2.